The van der Waals surface area contributed by atoms with Crippen LogP contribution in [-0.4, -0.2) is 18.0 Å². The van der Waals surface area contributed by atoms with Crippen molar-refractivity contribution in [3.63, 3.8) is 0 Å². The number of methoxy groups -OCH3 is 1. The lowest BCUT2D eigenvalue weighted by atomic mass is 10.1. The van der Waals surface area contributed by atoms with Gasteiger partial charge in [-0.25, -0.2) is 4.98 Å². The summed E-state index contributed by atoms with van der Waals surface area (Å²) >= 11 is 0. The van der Waals surface area contributed by atoms with Crippen LogP contribution in [0.3, 0.4) is 0 Å². The third kappa shape index (κ3) is 5.07. The normalized spacial score (nSPS) is 10.3. The number of nitrogens with zero attached hydrogens (tertiary/aromatic N) is 1. The van der Waals surface area contributed by atoms with Gasteiger partial charge in [-0.05, 0) is 30.7 Å². The fraction of sp³-hybridized carbons (Fsp3) is 0.182. The first-order valence-corrected chi connectivity index (χ1v) is 8.81. The number of hydrogen-bond acceptors (Lipinski definition) is 4. The van der Waals surface area contributed by atoms with Gasteiger partial charge < -0.3 is 15.4 Å². The SMILES string of the molecule is COc1ccccc1CNC(=O)c1ccnc(NCc2ccc(C)cc2)c1. The average molecular weight is 361 g/mol. The molecule has 0 aliphatic rings. The summed E-state index contributed by atoms with van der Waals surface area (Å²) < 4.78 is 5.31. The van der Waals surface area contributed by atoms with E-state index in [-0.39, 0.29) is 5.91 Å². The molecule has 1 heterocycles. The van der Waals surface area contributed by atoms with Gasteiger partial charge in [0.05, 0.1) is 7.11 Å². The molecule has 3 aromatic rings. The molecule has 5 nitrogen and oxygen atoms in total. The van der Waals surface area contributed by atoms with Gasteiger partial charge in [-0.1, -0.05) is 48.0 Å². The molecule has 0 radical (unpaired) electrons. The quantitative estimate of drug-likeness (QED) is 0.669. The van der Waals surface area contributed by atoms with Crippen LogP contribution in [0.5, 0.6) is 5.75 Å². The van der Waals surface area contributed by atoms with E-state index in [0.717, 1.165) is 16.9 Å². The van der Waals surface area contributed by atoms with Gasteiger partial charge in [-0.15, -0.1) is 0 Å². The maximum absolute atomic E-state index is 12.5. The Morgan fingerprint density at radius 3 is 2.59 bits per heavy atom. The van der Waals surface area contributed by atoms with E-state index in [2.05, 4.69) is 46.8 Å². The third-order valence-electron chi connectivity index (χ3n) is 4.25. The van der Waals surface area contributed by atoms with E-state index in [0.29, 0.717) is 24.5 Å². The van der Waals surface area contributed by atoms with Crippen molar-refractivity contribution in [3.8, 4) is 5.75 Å². The van der Waals surface area contributed by atoms with E-state index < -0.39 is 0 Å². The van der Waals surface area contributed by atoms with Crippen LogP contribution >= 0.6 is 0 Å². The van der Waals surface area contributed by atoms with Crippen LogP contribution in [0.1, 0.15) is 27.0 Å². The Kier molecular flexibility index (Phi) is 6.05. The number of aryl methyl sites for hydroxylation is 1. The Morgan fingerprint density at radius 1 is 1.04 bits per heavy atom. The van der Waals surface area contributed by atoms with Crippen LogP contribution in [0.25, 0.3) is 0 Å². The van der Waals surface area contributed by atoms with Crippen molar-refractivity contribution in [3.05, 3.63) is 89.1 Å². The Labute approximate surface area is 159 Å². The highest BCUT2D eigenvalue weighted by atomic mass is 16.5. The standard InChI is InChI=1S/C22H23N3O2/c1-16-7-9-17(10-8-16)14-24-21-13-18(11-12-23-21)22(26)25-15-19-5-3-4-6-20(19)27-2/h3-13H,14-15H2,1-2H3,(H,23,24)(H,25,26). The maximum atomic E-state index is 12.5. The molecule has 5 heteroatoms. The Morgan fingerprint density at radius 2 is 1.81 bits per heavy atom. The number of para-hydroxylation sites is 1. The molecule has 27 heavy (non-hydrogen) atoms. The largest absolute Gasteiger partial charge is 0.496 e. The van der Waals surface area contributed by atoms with Gasteiger partial charge in [-0.3, -0.25) is 4.79 Å². The number of carbonyl (C=O) groups excluding carboxylic acids is 1. The number of amides is 1. The molecule has 2 aromatic carbocycles. The zero-order valence-electron chi connectivity index (χ0n) is 15.5. The summed E-state index contributed by atoms with van der Waals surface area (Å²) in [7, 11) is 1.62. The minimum atomic E-state index is -0.151. The lowest BCUT2D eigenvalue weighted by molar-refractivity contribution is 0.0950. The summed E-state index contributed by atoms with van der Waals surface area (Å²) in [6, 6.07) is 19.4. The highest BCUT2D eigenvalue weighted by Gasteiger charge is 2.09. The smallest absolute Gasteiger partial charge is 0.251 e. The van der Waals surface area contributed by atoms with Gasteiger partial charge >= 0.3 is 0 Å². The Balaban J connectivity index is 1.60. The van der Waals surface area contributed by atoms with E-state index >= 15 is 0 Å². The molecular formula is C22H23N3O2. The van der Waals surface area contributed by atoms with Crippen molar-refractivity contribution in [2.24, 2.45) is 0 Å². The number of carbonyl (C=O) groups is 1. The van der Waals surface area contributed by atoms with Gasteiger partial charge in [0.25, 0.3) is 5.91 Å². The number of aromatic nitrogens is 1. The molecule has 0 spiro atoms. The summed E-state index contributed by atoms with van der Waals surface area (Å²) in [6.07, 6.45) is 1.63. The van der Waals surface area contributed by atoms with Crippen molar-refractivity contribution >= 4 is 11.7 Å². The zero-order chi connectivity index (χ0) is 19.1. The molecule has 1 aromatic heterocycles. The van der Waals surface area contributed by atoms with Crippen molar-refractivity contribution in [1.82, 2.24) is 10.3 Å². The second-order valence-electron chi connectivity index (χ2n) is 6.26. The van der Waals surface area contributed by atoms with Gasteiger partial charge in [-0.2, -0.15) is 0 Å². The first-order chi connectivity index (χ1) is 13.2. The molecule has 138 valence electrons. The second-order valence-corrected chi connectivity index (χ2v) is 6.26. The van der Waals surface area contributed by atoms with Crippen LogP contribution in [0.4, 0.5) is 5.82 Å². The topological polar surface area (TPSA) is 63.2 Å². The predicted octanol–water partition coefficient (Wildman–Crippen LogP) is 3.94. The molecule has 0 saturated heterocycles. The Bertz CT molecular complexity index is 907. The highest BCUT2D eigenvalue weighted by Crippen LogP contribution is 2.17. The van der Waals surface area contributed by atoms with Crippen LogP contribution in [0.15, 0.2) is 66.9 Å². The summed E-state index contributed by atoms with van der Waals surface area (Å²) in [5.41, 5.74) is 3.88. The summed E-state index contributed by atoms with van der Waals surface area (Å²) in [6.45, 7) is 3.11. The van der Waals surface area contributed by atoms with Gasteiger partial charge in [0.1, 0.15) is 11.6 Å². The van der Waals surface area contributed by atoms with Crippen molar-refractivity contribution in [1.29, 1.82) is 0 Å². The zero-order valence-corrected chi connectivity index (χ0v) is 15.5. The predicted molar refractivity (Wildman–Crippen MR) is 107 cm³/mol. The molecule has 0 aliphatic heterocycles. The van der Waals surface area contributed by atoms with Gasteiger partial charge in [0.15, 0.2) is 0 Å². The molecule has 0 atom stereocenters. The lowest BCUT2D eigenvalue weighted by Crippen LogP contribution is -2.23. The van der Waals surface area contributed by atoms with Crippen molar-refractivity contribution < 1.29 is 9.53 Å². The molecule has 1 amide bonds. The fourth-order valence-electron chi connectivity index (χ4n) is 2.69. The molecule has 3 rings (SSSR count). The van der Waals surface area contributed by atoms with E-state index in [9.17, 15) is 4.79 Å². The number of benzene rings is 2. The number of nitrogens with one attached hydrogen (secondary N) is 2. The summed E-state index contributed by atoms with van der Waals surface area (Å²) in [4.78, 5) is 16.8. The molecule has 2 N–H and O–H groups in total. The van der Waals surface area contributed by atoms with E-state index in [1.54, 1.807) is 25.4 Å². The van der Waals surface area contributed by atoms with Crippen LogP contribution in [-0.2, 0) is 13.1 Å². The number of rotatable bonds is 7. The second kappa shape index (κ2) is 8.85. The molecule has 0 saturated carbocycles. The van der Waals surface area contributed by atoms with Gasteiger partial charge in [0, 0.05) is 30.4 Å². The maximum Gasteiger partial charge on any atom is 0.251 e. The molecule has 0 unspecified atom stereocenters. The number of hydrogen-bond donors (Lipinski definition) is 2. The minimum absolute atomic E-state index is 0.151. The van der Waals surface area contributed by atoms with Crippen molar-refractivity contribution in [2.75, 3.05) is 12.4 Å². The van der Waals surface area contributed by atoms with Gasteiger partial charge in [0.2, 0.25) is 0 Å². The van der Waals surface area contributed by atoms with Crippen LogP contribution in [0.2, 0.25) is 0 Å². The fourth-order valence-corrected chi connectivity index (χ4v) is 2.69. The lowest BCUT2D eigenvalue weighted by Gasteiger charge is -2.10. The first kappa shape index (κ1) is 18.5. The monoisotopic (exact) mass is 361 g/mol. The number of anilines is 1. The van der Waals surface area contributed by atoms with E-state index in [1.807, 2.05) is 24.3 Å². The summed E-state index contributed by atoms with van der Waals surface area (Å²) in [5, 5.41) is 6.18. The Hall–Kier alpha value is -3.34. The average Bonchev–Trinajstić information content (AvgIpc) is 2.72. The van der Waals surface area contributed by atoms with Crippen molar-refractivity contribution in [2.45, 2.75) is 20.0 Å². The van der Waals surface area contributed by atoms with E-state index in [4.69, 9.17) is 4.74 Å². The third-order valence-corrected chi connectivity index (χ3v) is 4.25. The first-order valence-electron chi connectivity index (χ1n) is 8.81. The van der Waals surface area contributed by atoms with Crippen LogP contribution < -0.4 is 15.4 Å². The minimum Gasteiger partial charge on any atom is -0.496 e. The number of ether oxygens (including phenoxy) is 1. The summed E-state index contributed by atoms with van der Waals surface area (Å²) in [5.74, 6) is 1.27. The molecular weight excluding hydrogens is 338 g/mol. The molecule has 0 fully saturated rings. The highest BCUT2D eigenvalue weighted by molar-refractivity contribution is 5.94. The molecule has 0 bridgehead atoms. The van der Waals surface area contributed by atoms with Crippen LogP contribution in [0, 0.1) is 6.92 Å². The molecule has 0 aliphatic carbocycles. The van der Waals surface area contributed by atoms with E-state index in [1.165, 1.54) is 5.56 Å². The number of pyridine rings is 1.